The Morgan fingerprint density at radius 3 is 2.34 bits per heavy atom. The van der Waals surface area contributed by atoms with E-state index in [9.17, 15) is 9.59 Å². The highest BCUT2D eigenvalue weighted by molar-refractivity contribution is 6.32. The molecule has 0 spiro atoms. The molecule has 0 aliphatic heterocycles. The average molecular weight is 420 g/mol. The van der Waals surface area contributed by atoms with E-state index in [1.165, 1.54) is 24.1 Å². The molecule has 0 saturated carbocycles. The first-order chi connectivity index (χ1) is 13.7. The number of hydrogen-bond acceptors (Lipinski definition) is 5. The van der Waals surface area contributed by atoms with Crippen molar-refractivity contribution in [3.05, 3.63) is 58.6 Å². The Hall–Kier alpha value is -2.73. The topological polar surface area (TPSA) is 65.1 Å². The van der Waals surface area contributed by atoms with E-state index < -0.39 is 5.97 Å². The van der Waals surface area contributed by atoms with E-state index in [0.717, 1.165) is 5.56 Å². The summed E-state index contributed by atoms with van der Waals surface area (Å²) in [4.78, 5) is 26.4. The fraction of sp³-hybridized carbons (Fsp3) is 0.364. The Bertz CT molecular complexity index is 854. The molecule has 0 fully saturated rings. The number of amides is 1. The lowest BCUT2D eigenvalue weighted by atomic mass is 10.1. The van der Waals surface area contributed by atoms with Crippen LogP contribution in [-0.4, -0.2) is 43.6 Å². The highest BCUT2D eigenvalue weighted by atomic mass is 35.5. The lowest BCUT2D eigenvalue weighted by Gasteiger charge is -2.25. The monoisotopic (exact) mass is 419 g/mol. The Morgan fingerprint density at radius 1 is 1.10 bits per heavy atom. The predicted molar refractivity (Wildman–Crippen MR) is 112 cm³/mol. The van der Waals surface area contributed by atoms with Gasteiger partial charge < -0.3 is 19.1 Å². The quantitative estimate of drug-likeness (QED) is 0.589. The maximum absolute atomic E-state index is 12.4. The number of likely N-dealkylation sites (N-methyl/N-ethyl adjacent to an activating group) is 1. The summed E-state index contributed by atoms with van der Waals surface area (Å²) in [6.45, 7) is 5.25. The second-order valence-electron chi connectivity index (χ2n) is 6.82. The van der Waals surface area contributed by atoms with Crippen LogP contribution in [0.3, 0.4) is 0 Å². The predicted octanol–water partition coefficient (Wildman–Crippen LogP) is 4.51. The number of esters is 1. The van der Waals surface area contributed by atoms with Crippen LogP contribution in [0.5, 0.6) is 11.5 Å². The maximum Gasteiger partial charge on any atom is 0.338 e. The number of carbonyl (C=O) groups excluding carboxylic acids is 2. The molecule has 6 nitrogen and oxygen atoms in total. The first-order valence-electron chi connectivity index (χ1n) is 9.26. The highest BCUT2D eigenvalue weighted by Crippen LogP contribution is 2.37. The van der Waals surface area contributed by atoms with Crippen molar-refractivity contribution < 1.29 is 23.8 Å². The molecule has 1 amide bonds. The lowest BCUT2D eigenvalue weighted by Crippen LogP contribution is -2.33. The van der Waals surface area contributed by atoms with Crippen molar-refractivity contribution in [3.8, 4) is 11.5 Å². The summed E-state index contributed by atoms with van der Waals surface area (Å²) >= 11 is 6.24. The molecule has 2 aromatic carbocycles. The van der Waals surface area contributed by atoms with Gasteiger partial charge in [0, 0.05) is 7.05 Å². The van der Waals surface area contributed by atoms with Crippen molar-refractivity contribution in [2.75, 3.05) is 20.8 Å². The zero-order valence-electron chi connectivity index (χ0n) is 17.3. The van der Waals surface area contributed by atoms with Gasteiger partial charge in [0.2, 0.25) is 0 Å². The van der Waals surface area contributed by atoms with Crippen molar-refractivity contribution in [1.29, 1.82) is 0 Å². The van der Waals surface area contributed by atoms with E-state index in [1.54, 1.807) is 7.05 Å². The number of halogens is 1. The van der Waals surface area contributed by atoms with Gasteiger partial charge >= 0.3 is 5.97 Å². The first kappa shape index (κ1) is 22.6. The Morgan fingerprint density at radius 2 is 1.76 bits per heavy atom. The summed E-state index contributed by atoms with van der Waals surface area (Å²) in [7, 11) is 3.13. The standard InChI is InChI=1S/C22H26ClNO5/c1-14(2)29-21-18(23)11-17(12-19(21)27-5)22(26)28-13-20(25)24(4)15(3)16-9-7-6-8-10-16/h6-12,14-15H,13H2,1-5H3/t15-/m1/s1. The molecule has 1 atom stereocenters. The molecule has 0 radical (unpaired) electrons. The van der Waals surface area contributed by atoms with E-state index in [2.05, 4.69) is 0 Å². The van der Waals surface area contributed by atoms with Crippen LogP contribution in [0.1, 0.15) is 42.7 Å². The average Bonchev–Trinajstić information content (AvgIpc) is 2.72. The van der Waals surface area contributed by atoms with Crippen molar-refractivity contribution in [1.82, 2.24) is 4.90 Å². The number of rotatable bonds is 8. The third-order valence-corrected chi connectivity index (χ3v) is 4.68. The van der Waals surface area contributed by atoms with Crippen LogP contribution in [0, 0.1) is 0 Å². The SMILES string of the molecule is COc1cc(C(=O)OCC(=O)N(C)[C@H](C)c2ccccc2)cc(Cl)c1OC(C)C. The minimum Gasteiger partial charge on any atom is -0.493 e. The van der Waals surface area contributed by atoms with Crippen LogP contribution in [0.4, 0.5) is 0 Å². The van der Waals surface area contributed by atoms with Gasteiger partial charge in [-0.1, -0.05) is 41.9 Å². The minimum absolute atomic E-state index is 0.112. The van der Waals surface area contributed by atoms with Gasteiger partial charge in [-0.25, -0.2) is 4.79 Å². The number of nitrogens with zero attached hydrogens (tertiary/aromatic N) is 1. The fourth-order valence-corrected chi connectivity index (χ4v) is 2.93. The van der Waals surface area contributed by atoms with Gasteiger partial charge in [-0.3, -0.25) is 4.79 Å². The van der Waals surface area contributed by atoms with E-state index in [4.69, 9.17) is 25.8 Å². The van der Waals surface area contributed by atoms with Gasteiger partial charge in [0.15, 0.2) is 18.1 Å². The molecule has 0 aromatic heterocycles. The van der Waals surface area contributed by atoms with Crippen LogP contribution in [-0.2, 0) is 9.53 Å². The van der Waals surface area contributed by atoms with Gasteiger partial charge in [0.1, 0.15) is 0 Å². The third-order valence-electron chi connectivity index (χ3n) is 4.40. The first-order valence-corrected chi connectivity index (χ1v) is 9.64. The van der Waals surface area contributed by atoms with E-state index in [0.29, 0.717) is 11.5 Å². The molecule has 2 rings (SSSR count). The second kappa shape index (κ2) is 10.2. The largest absolute Gasteiger partial charge is 0.493 e. The normalized spacial score (nSPS) is 11.7. The third kappa shape index (κ3) is 5.87. The Kier molecular flexibility index (Phi) is 7.91. The van der Waals surface area contributed by atoms with Crippen LogP contribution >= 0.6 is 11.6 Å². The minimum atomic E-state index is -0.671. The zero-order chi connectivity index (χ0) is 21.6. The van der Waals surface area contributed by atoms with Crippen LogP contribution in [0.25, 0.3) is 0 Å². The van der Waals surface area contributed by atoms with Crippen LogP contribution in [0.15, 0.2) is 42.5 Å². The van der Waals surface area contributed by atoms with Crippen LogP contribution in [0.2, 0.25) is 5.02 Å². The fourth-order valence-electron chi connectivity index (χ4n) is 2.67. The summed E-state index contributed by atoms with van der Waals surface area (Å²) < 4.78 is 16.1. The van der Waals surface area contributed by atoms with E-state index >= 15 is 0 Å². The number of benzene rings is 2. The Balaban J connectivity index is 2.04. The molecular formula is C22H26ClNO5. The van der Waals surface area contributed by atoms with Crippen molar-refractivity contribution in [2.45, 2.75) is 32.9 Å². The van der Waals surface area contributed by atoms with E-state index in [-0.39, 0.29) is 35.2 Å². The molecule has 2 aromatic rings. The molecule has 7 heteroatoms. The zero-order valence-corrected chi connectivity index (χ0v) is 18.0. The van der Waals surface area contributed by atoms with Crippen molar-refractivity contribution in [2.24, 2.45) is 0 Å². The molecule has 0 aliphatic carbocycles. The van der Waals surface area contributed by atoms with Gasteiger partial charge in [0.25, 0.3) is 5.91 Å². The molecular weight excluding hydrogens is 394 g/mol. The summed E-state index contributed by atoms with van der Waals surface area (Å²) in [6.07, 6.45) is -0.112. The van der Waals surface area contributed by atoms with Crippen LogP contribution < -0.4 is 9.47 Å². The number of hydrogen-bond donors (Lipinski definition) is 0. The van der Waals surface area contributed by atoms with Gasteiger partial charge in [-0.2, -0.15) is 0 Å². The summed E-state index contributed by atoms with van der Waals surface area (Å²) in [5, 5.41) is 0.228. The second-order valence-corrected chi connectivity index (χ2v) is 7.23. The van der Waals surface area contributed by atoms with Gasteiger partial charge in [-0.05, 0) is 38.5 Å². The van der Waals surface area contributed by atoms with Crippen molar-refractivity contribution >= 4 is 23.5 Å². The van der Waals surface area contributed by atoms with E-state index in [1.807, 2.05) is 51.1 Å². The van der Waals surface area contributed by atoms with Gasteiger partial charge in [-0.15, -0.1) is 0 Å². The van der Waals surface area contributed by atoms with Crippen molar-refractivity contribution in [3.63, 3.8) is 0 Å². The summed E-state index contributed by atoms with van der Waals surface area (Å²) in [6, 6.07) is 12.4. The molecule has 29 heavy (non-hydrogen) atoms. The lowest BCUT2D eigenvalue weighted by molar-refractivity contribution is -0.135. The number of methoxy groups -OCH3 is 1. The molecule has 0 aliphatic rings. The molecule has 0 unspecified atom stereocenters. The smallest absolute Gasteiger partial charge is 0.338 e. The molecule has 0 saturated heterocycles. The number of ether oxygens (including phenoxy) is 3. The molecule has 156 valence electrons. The molecule has 0 N–H and O–H groups in total. The Labute approximate surface area is 176 Å². The summed E-state index contributed by atoms with van der Waals surface area (Å²) in [5.74, 6) is -0.310. The summed E-state index contributed by atoms with van der Waals surface area (Å²) in [5.41, 5.74) is 1.17. The van der Waals surface area contributed by atoms with Gasteiger partial charge in [0.05, 0.1) is 29.8 Å². The molecule has 0 heterocycles. The number of carbonyl (C=O) groups is 2. The highest BCUT2D eigenvalue weighted by Gasteiger charge is 2.21. The molecule has 0 bridgehead atoms. The maximum atomic E-state index is 12.4.